The number of carbonyl (C=O) groups excluding carboxylic acids is 1. The Morgan fingerprint density at radius 2 is 2.18 bits per heavy atom. The third-order valence-corrected chi connectivity index (χ3v) is 2.30. The van der Waals surface area contributed by atoms with Gasteiger partial charge in [0.25, 0.3) is 0 Å². The number of Topliss-reactive ketones (excluding diaryl/α,β-unsaturated/α-hetero) is 1. The van der Waals surface area contributed by atoms with E-state index in [1.54, 1.807) is 0 Å². The van der Waals surface area contributed by atoms with E-state index in [2.05, 4.69) is 10.0 Å². The van der Waals surface area contributed by atoms with Crippen LogP contribution in [0.3, 0.4) is 0 Å². The van der Waals surface area contributed by atoms with E-state index in [1.807, 2.05) is 30.3 Å². The molecule has 1 aromatic carbocycles. The smallest absolute Gasteiger partial charge is 0.158 e. The van der Waals surface area contributed by atoms with E-state index < -0.39 is 6.10 Å². The van der Waals surface area contributed by atoms with Gasteiger partial charge in [-0.2, -0.15) is 0 Å². The summed E-state index contributed by atoms with van der Waals surface area (Å²) in [5, 5.41) is 3.40. The second kappa shape index (κ2) is 7.44. The molecular formula is C12H15N3O2. The molecular weight excluding hydrogens is 218 g/mol. The predicted octanol–water partition coefficient (Wildman–Crippen LogP) is 2.86. The molecule has 0 fully saturated rings. The Bertz CT molecular complexity index is 399. The van der Waals surface area contributed by atoms with Crippen molar-refractivity contribution in [1.82, 2.24) is 0 Å². The van der Waals surface area contributed by atoms with Gasteiger partial charge in [-0.1, -0.05) is 35.4 Å². The standard InChI is InChI=1S/C12H15N3O2/c1-10(16)12(7-8-14-15-13)17-9-11-5-3-2-4-6-11/h2-6,12H,7-9H2,1H3/t12-/m0/s1. The van der Waals surface area contributed by atoms with E-state index in [0.717, 1.165) is 5.56 Å². The third kappa shape index (κ3) is 5.15. The first-order valence-corrected chi connectivity index (χ1v) is 5.41. The van der Waals surface area contributed by atoms with E-state index in [0.29, 0.717) is 13.0 Å². The largest absolute Gasteiger partial charge is 0.366 e. The topological polar surface area (TPSA) is 75.1 Å². The summed E-state index contributed by atoms with van der Waals surface area (Å²) >= 11 is 0. The fourth-order valence-corrected chi connectivity index (χ4v) is 1.39. The van der Waals surface area contributed by atoms with Crippen LogP contribution >= 0.6 is 0 Å². The summed E-state index contributed by atoms with van der Waals surface area (Å²) in [4.78, 5) is 13.9. The minimum absolute atomic E-state index is 0.0472. The van der Waals surface area contributed by atoms with Gasteiger partial charge in [-0.15, -0.1) is 0 Å². The molecule has 0 aromatic heterocycles. The Morgan fingerprint density at radius 1 is 1.47 bits per heavy atom. The van der Waals surface area contributed by atoms with Gasteiger partial charge in [-0.05, 0) is 24.4 Å². The van der Waals surface area contributed by atoms with Gasteiger partial charge in [0.05, 0.1) is 6.61 Å². The molecule has 0 aliphatic carbocycles. The highest BCUT2D eigenvalue weighted by molar-refractivity contribution is 5.80. The Hall–Kier alpha value is -1.84. The molecule has 0 spiro atoms. The van der Waals surface area contributed by atoms with Crippen molar-refractivity contribution in [2.75, 3.05) is 6.54 Å². The van der Waals surface area contributed by atoms with Crippen LogP contribution in [0.5, 0.6) is 0 Å². The van der Waals surface area contributed by atoms with E-state index >= 15 is 0 Å². The number of rotatable bonds is 7. The molecule has 0 bridgehead atoms. The Morgan fingerprint density at radius 3 is 2.76 bits per heavy atom. The lowest BCUT2D eigenvalue weighted by atomic mass is 10.2. The SMILES string of the molecule is CC(=O)[C@H](CCN=[N+]=[N-])OCc1ccccc1. The van der Waals surface area contributed by atoms with Crippen molar-refractivity contribution in [3.05, 3.63) is 46.3 Å². The van der Waals surface area contributed by atoms with E-state index in [-0.39, 0.29) is 12.3 Å². The third-order valence-electron chi connectivity index (χ3n) is 2.30. The zero-order valence-electron chi connectivity index (χ0n) is 9.74. The summed E-state index contributed by atoms with van der Waals surface area (Å²) < 4.78 is 5.50. The lowest BCUT2D eigenvalue weighted by Gasteiger charge is -2.13. The molecule has 1 atom stereocenters. The summed E-state index contributed by atoms with van der Waals surface area (Å²) in [5.41, 5.74) is 9.17. The van der Waals surface area contributed by atoms with Gasteiger partial charge >= 0.3 is 0 Å². The summed E-state index contributed by atoms with van der Waals surface area (Å²) in [6, 6.07) is 9.63. The highest BCUT2D eigenvalue weighted by Gasteiger charge is 2.13. The maximum absolute atomic E-state index is 11.3. The van der Waals surface area contributed by atoms with Gasteiger partial charge in [-0.3, -0.25) is 4.79 Å². The molecule has 1 rings (SSSR count). The van der Waals surface area contributed by atoms with Gasteiger partial charge < -0.3 is 4.74 Å². The van der Waals surface area contributed by atoms with Crippen LogP contribution in [0.2, 0.25) is 0 Å². The minimum Gasteiger partial charge on any atom is -0.366 e. The number of hydrogen-bond acceptors (Lipinski definition) is 3. The van der Waals surface area contributed by atoms with Crippen molar-refractivity contribution >= 4 is 5.78 Å². The van der Waals surface area contributed by atoms with Crippen LogP contribution in [0, 0.1) is 0 Å². The second-order valence-electron chi connectivity index (χ2n) is 3.64. The number of ether oxygens (including phenoxy) is 1. The molecule has 0 aliphatic rings. The maximum atomic E-state index is 11.3. The van der Waals surface area contributed by atoms with Crippen LogP contribution in [0.15, 0.2) is 35.4 Å². The van der Waals surface area contributed by atoms with E-state index in [4.69, 9.17) is 10.3 Å². The highest BCUT2D eigenvalue weighted by atomic mass is 16.5. The number of benzene rings is 1. The van der Waals surface area contributed by atoms with Gasteiger partial charge in [0, 0.05) is 11.5 Å². The van der Waals surface area contributed by atoms with Crippen molar-refractivity contribution in [3.63, 3.8) is 0 Å². The first-order valence-electron chi connectivity index (χ1n) is 5.41. The van der Waals surface area contributed by atoms with Crippen LogP contribution in [-0.2, 0) is 16.1 Å². The Kier molecular flexibility index (Phi) is 5.79. The lowest BCUT2D eigenvalue weighted by Crippen LogP contribution is -2.22. The van der Waals surface area contributed by atoms with Crippen molar-refractivity contribution in [2.45, 2.75) is 26.1 Å². The first kappa shape index (κ1) is 13.2. The van der Waals surface area contributed by atoms with Crippen molar-refractivity contribution < 1.29 is 9.53 Å². The van der Waals surface area contributed by atoms with Crippen molar-refractivity contribution in [1.29, 1.82) is 0 Å². The second-order valence-corrected chi connectivity index (χ2v) is 3.64. The summed E-state index contributed by atoms with van der Waals surface area (Å²) in [5.74, 6) is -0.0472. The average molecular weight is 233 g/mol. The van der Waals surface area contributed by atoms with Crippen LogP contribution in [0.4, 0.5) is 0 Å². The van der Waals surface area contributed by atoms with Gasteiger partial charge in [0.1, 0.15) is 6.10 Å². The van der Waals surface area contributed by atoms with Crippen LogP contribution in [0.25, 0.3) is 10.4 Å². The minimum atomic E-state index is -0.499. The quantitative estimate of drug-likeness (QED) is 0.412. The molecule has 0 N–H and O–H groups in total. The molecule has 0 unspecified atom stereocenters. The van der Waals surface area contributed by atoms with E-state index in [1.165, 1.54) is 6.92 Å². The molecule has 0 radical (unpaired) electrons. The summed E-state index contributed by atoms with van der Waals surface area (Å²) in [7, 11) is 0. The Balaban J connectivity index is 2.44. The van der Waals surface area contributed by atoms with Gasteiger partial charge in [0.2, 0.25) is 0 Å². The fraction of sp³-hybridized carbons (Fsp3) is 0.417. The van der Waals surface area contributed by atoms with Crippen molar-refractivity contribution in [3.8, 4) is 0 Å². The average Bonchev–Trinajstić information content (AvgIpc) is 2.34. The molecule has 1 aromatic rings. The van der Waals surface area contributed by atoms with Crippen LogP contribution in [-0.4, -0.2) is 18.4 Å². The van der Waals surface area contributed by atoms with E-state index in [9.17, 15) is 4.79 Å². The summed E-state index contributed by atoms with van der Waals surface area (Å²) in [6.45, 7) is 2.14. The summed E-state index contributed by atoms with van der Waals surface area (Å²) in [6.07, 6.45) is -0.0765. The molecule has 0 amide bonds. The number of azide groups is 1. The van der Waals surface area contributed by atoms with Crippen LogP contribution < -0.4 is 0 Å². The lowest BCUT2D eigenvalue weighted by molar-refractivity contribution is -0.129. The molecule has 0 saturated carbocycles. The first-order chi connectivity index (χ1) is 8.24. The molecule has 5 heteroatoms. The number of carbonyl (C=O) groups is 1. The zero-order valence-corrected chi connectivity index (χ0v) is 9.74. The fourth-order valence-electron chi connectivity index (χ4n) is 1.39. The van der Waals surface area contributed by atoms with Crippen molar-refractivity contribution in [2.24, 2.45) is 5.11 Å². The normalized spacial score (nSPS) is 11.6. The molecule has 0 saturated heterocycles. The van der Waals surface area contributed by atoms with Gasteiger partial charge in [-0.25, -0.2) is 0 Å². The molecule has 5 nitrogen and oxygen atoms in total. The van der Waals surface area contributed by atoms with Crippen LogP contribution in [0.1, 0.15) is 18.9 Å². The zero-order chi connectivity index (χ0) is 12.5. The molecule has 0 heterocycles. The maximum Gasteiger partial charge on any atom is 0.158 e. The van der Waals surface area contributed by atoms with Gasteiger partial charge in [0.15, 0.2) is 5.78 Å². The number of hydrogen-bond donors (Lipinski definition) is 0. The highest BCUT2D eigenvalue weighted by Crippen LogP contribution is 2.07. The number of nitrogens with zero attached hydrogens (tertiary/aromatic N) is 3. The molecule has 17 heavy (non-hydrogen) atoms. The number of ketones is 1. The predicted molar refractivity (Wildman–Crippen MR) is 64.3 cm³/mol. The Labute approximate surface area is 100 Å². The molecule has 90 valence electrons. The molecule has 0 aliphatic heterocycles. The monoisotopic (exact) mass is 233 g/mol.